The van der Waals surface area contributed by atoms with Gasteiger partial charge in [-0.25, -0.2) is 9.97 Å². The third kappa shape index (κ3) is 4.07. The number of aryl methyl sites for hydroxylation is 1. The van der Waals surface area contributed by atoms with Gasteiger partial charge in [0, 0.05) is 17.3 Å². The van der Waals surface area contributed by atoms with Crippen LogP contribution < -0.4 is 10.6 Å². The number of hydrogen-bond acceptors (Lipinski definition) is 6. The van der Waals surface area contributed by atoms with E-state index < -0.39 is 4.92 Å². The molecular formula is C18H16ClN5O2. The molecule has 132 valence electrons. The van der Waals surface area contributed by atoms with E-state index in [1.54, 1.807) is 12.1 Å². The van der Waals surface area contributed by atoms with Crippen molar-refractivity contribution in [2.75, 3.05) is 10.6 Å². The molecule has 0 radical (unpaired) electrons. The minimum Gasteiger partial charge on any atom is -0.360 e. The van der Waals surface area contributed by atoms with Crippen molar-refractivity contribution in [2.45, 2.75) is 13.5 Å². The lowest BCUT2D eigenvalue weighted by atomic mass is 10.2. The van der Waals surface area contributed by atoms with E-state index in [-0.39, 0.29) is 17.3 Å². The second kappa shape index (κ2) is 7.79. The summed E-state index contributed by atoms with van der Waals surface area (Å²) in [5.41, 5.74) is 2.30. The number of hydrogen-bond donors (Lipinski definition) is 2. The summed E-state index contributed by atoms with van der Waals surface area (Å²) in [5.74, 6) is 0.252. The van der Waals surface area contributed by atoms with Gasteiger partial charge in [0.25, 0.3) is 0 Å². The molecule has 3 rings (SSSR count). The first-order valence-corrected chi connectivity index (χ1v) is 8.23. The molecule has 0 spiro atoms. The third-order valence-corrected chi connectivity index (χ3v) is 4.00. The molecule has 3 aromatic rings. The van der Waals surface area contributed by atoms with Gasteiger partial charge in [-0.15, -0.1) is 0 Å². The summed E-state index contributed by atoms with van der Waals surface area (Å²) in [7, 11) is 0. The molecule has 1 heterocycles. The summed E-state index contributed by atoms with van der Waals surface area (Å²) < 4.78 is 0. The van der Waals surface area contributed by atoms with E-state index in [9.17, 15) is 10.1 Å². The zero-order chi connectivity index (χ0) is 18.5. The number of anilines is 3. The quantitative estimate of drug-likeness (QED) is 0.483. The van der Waals surface area contributed by atoms with Crippen molar-refractivity contribution >= 4 is 34.6 Å². The topological polar surface area (TPSA) is 93.0 Å². The number of nitro groups is 1. The van der Waals surface area contributed by atoms with E-state index in [4.69, 9.17) is 11.6 Å². The molecule has 0 fully saturated rings. The fourth-order valence-corrected chi connectivity index (χ4v) is 2.58. The number of nitrogens with one attached hydrogen (secondary N) is 2. The molecule has 0 atom stereocenters. The van der Waals surface area contributed by atoms with Gasteiger partial charge in [0.1, 0.15) is 6.33 Å². The summed E-state index contributed by atoms with van der Waals surface area (Å²) in [6, 6.07) is 14.8. The van der Waals surface area contributed by atoms with Crippen molar-refractivity contribution in [3.8, 4) is 0 Å². The van der Waals surface area contributed by atoms with Crippen molar-refractivity contribution < 1.29 is 4.92 Å². The van der Waals surface area contributed by atoms with E-state index in [0.29, 0.717) is 17.3 Å². The molecule has 0 saturated heterocycles. The van der Waals surface area contributed by atoms with Gasteiger partial charge < -0.3 is 10.6 Å². The van der Waals surface area contributed by atoms with E-state index in [1.807, 2.05) is 43.3 Å². The summed E-state index contributed by atoms with van der Waals surface area (Å²) in [4.78, 5) is 19.2. The Kier molecular flexibility index (Phi) is 5.28. The molecule has 0 aliphatic carbocycles. The minimum absolute atomic E-state index is 0.103. The second-order valence-corrected chi connectivity index (χ2v) is 6.04. The van der Waals surface area contributed by atoms with Crippen molar-refractivity contribution in [1.29, 1.82) is 0 Å². The second-order valence-electron chi connectivity index (χ2n) is 5.60. The van der Waals surface area contributed by atoms with Crippen LogP contribution in [0, 0.1) is 17.0 Å². The molecule has 26 heavy (non-hydrogen) atoms. The molecule has 0 aliphatic heterocycles. The fraction of sp³-hybridized carbons (Fsp3) is 0.111. The maximum atomic E-state index is 11.6. The summed E-state index contributed by atoms with van der Waals surface area (Å²) in [5, 5.41) is 18.1. The lowest BCUT2D eigenvalue weighted by molar-refractivity contribution is -0.383. The van der Waals surface area contributed by atoms with Crippen molar-refractivity contribution in [3.05, 3.63) is 81.1 Å². The van der Waals surface area contributed by atoms with Crippen LogP contribution in [0.3, 0.4) is 0 Å². The Balaban J connectivity index is 1.91. The number of nitrogens with zero attached hydrogens (tertiary/aromatic N) is 3. The zero-order valence-corrected chi connectivity index (χ0v) is 14.7. The first-order chi connectivity index (χ1) is 12.5. The molecular weight excluding hydrogens is 354 g/mol. The van der Waals surface area contributed by atoms with E-state index in [2.05, 4.69) is 20.6 Å². The normalized spacial score (nSPS) is 10.4. The largest absolute Gasteiger partial charge is 0.360 e. The zero-order valence-electron chi connectivity index (χ0n) is 13.9. The van der Waals surface area contributed by atoms with Gasteiger partial charge >= 0.3 is 5.69 Å². The van der Waals surface area contributed by atoms with Crippen molar-refractivity contribution in [3.63, 3.8) is 0 Å². The predicted octanol–water partition coefficient (Wildman–Crippen LogP) is 4.70. The average molecular weight is 370 g/mol. The summed E-state index contributed by atoms with van der Waals surface area (Å²) >= 11 is 6.02. The van der Waals surface area contributed by atoms with Crippen LogP contribution in [0.15, 0.2) is 54.9 Å². The first-order valence-electron chi connectivity index (χ1n) is 7.85. The van der Waals surface area contributed by atoms with Crippen LogP contribution in [0.25, 0.3) is 0 Å². The van der Waals surface area contributed by atoms with Gasteiger partial charge in [-0.3, -0.25) is 10.1 Å². The Morgan fingerprint density at radius 2 is 1.85 bits per heavy atom. The molecule has 2 N–H and O–H groups in total. The van der Waals surface area contributed by atoms with Crippen molar-refractivity contribution in [2.24, 2.45) is 0 Å². The van der Waals surface area contributed by atoms with Gasteiger partial charge in [0.05, 0.1) is 4.92 Å². The van der Waals surface area contributed by atoms with Crippen LogP contribution in [0.5, 0.6) is 0 Å². The maximum absolute atomic E-state index is 11.6. The SMILES string of the molecule is Cc1ccc(Cl)cc1Nc1ncnc(NCc2ccccc2)c1[N+](=O)[O-]. The van der Waals surface area contributed by atoms with Crippen LogP contribution in [-0.4, -0.2) is 14.9 Å². The molecule has 7 nitrogen and oxygen atoms in total. The smallest absolute Gasteiger partial charge is 0.353 e. The molecule has 0 aliphatic rings. The van der Waals surface area contributed by atoms with Gasteiger partial charge in [-0.2, -0.15) is 0 Å². The highest BCUT2D eigenvalue weighted by Gasteiger charge is 2.23. The third-order valence-electron chi connectivity index (χ3n) is 3.76. The van der Waals surface area contributed by atoms with Crippen LogP contribution >= 0.6 is 11.6 Å². The summed E-state index contributed by atoms with van der Waals surface area (Å²) in [6.07, 6.45) is 1.28. The Hall–Kier alpha value is -3.19. The van der Waals surface area contributed by atoms with Gasteiger partial charge in [0.2, 0.25) is 11.6 Å². The lowest BCUT2D eigenvalue weighted by Crippen LogP contribution is -2.08. The number of benzene rings is 2. The van der Waals surface area contributed by atoms with Gasteiger partial charge in [-0.1, -0.05) is 48.0 Å². The van der Waals surface area contributed by atoms with Gasteiger partial charge in [0.15, 0.2) is 0 Å². The Bertz CT molecular complexity index is 934. The van der Waals surface area contributed by atoms with Crippen LogP contribution in [-0.2, 0) is 6.54 Å². The van der Waals surface area contributed by atoms with Crippen LogP contribution in [0.2, 0.25) is 5.02 Å². The fourth-order valence-electron chi connectivity index (χ4n) is 2.41. The minimum atomic E-state index is -0.504. The standard InChI is InChI=1S/C18H16ClN5O2/c1-12-7-8-14(19)9-15(12)23-18-16(24(25)26)17(21-11-22-18)20-10-13-5-3-2-4-6-13/h2-9,11H,10H2,1H3,(H2,20,21,22,23). The Labute approximate surface area is 155 Å². The molecule has 0 amide bonds. The van der Waals surface area contributed by atoms with E-state index in [1.165, 1.54) is 6.33 Å². The van der Waals surface area contributed by atoms with Crippen molar-refractivity contribution in [1.82, 2.24) is 9.97 Å². The first kappa shape index (κ1) is 17.6. The van der Waals surface area contributed by atoms with Crippen LogP contribution in [0.1, 0.15) is 11.1 Å². The van der Waals surface area contributed by atoms with Gasteiger partial charge in [-0.05, 0) is 30.2 Å². The Morgan fingerprint density at radius 3 is 2.58 bits per heavy atom. The number of aromatic nitrogens is 2. The maximum Gasteiger partial charge on any atom is 0.353 e. The Morgan fingerprint density at radius 1 is 1.12 bits per heavy atom. The molecule has 0 unspecified atom stereocenters. The van der Waals surface area contributed by atoms with E-state index in [0.717, 1.165) is 11.1 Å². The monoisotopic (exact) mass is 369 g/mol. The molecule has 8 heteroatoms. The highest BCUT2D eigenvalue weighted by atomic mass is 35.5. The molecule has 1 aromatic heterocycles. The highest BCUT2D eigenvalue weighted by molar-refractivity contribution is 6.30. The predicted molar refractivity (Wildman–Crippen MR) is 102 cm³/mol. The number of halogens is 1. The van der Waals surface area contributed by atoms with Crippen LogP contribution in [0.4, 0.5) is 23.0 Å². The molecule has 0 saturated carbocycles. The van der Waals surface area contributed by atoms with E-state index >= 15 is 0 Å². The average Bonchev–Trinajstić information content (AvgIpc) is 2.63. The molecule has 0 bridgehead atoms. The molecule has 2 aromatic carbocycles. The highest BCUT2D eigenvalue weighted by Crippen LogP contribution is 2.33. The lowest BCUT2D eigenvalue weighted by Gasteiger charge is -2.12. The number of rotatable bonds is 6. The summed E-state index contributed by atoms with van der Waals surface area (Å²) in [6.45, 7) is 2.29.